The molecule has 2 heteroatoms. The maximum atomic E-state index is 9.53. The second kappa shape index (κ2) is 8.91. The predicted octanol–water partition coefficient (Wildman–Crippen LogP) is 10.9. The summed E-state index contributed by atoms with van der Waals surface area (Å²) < 4.78 is 2.73. The molecule has 0 fully saturated rings. The van der Waals surface area contributed by atoms with Crippen LogP contribution in [0.2, 0.25) is 0 Å². The molecule has 4 aromatic carbocycles. The minimum absolute atomic E-state index is 0.135. The molecule has 4 aliphatic carbocycles. The number of thiophene rings is 1. The first-order valence-corrected chi connectivity index (χ1v) is 16.3. The molecule has 1 spiro atoms. The first kappa shape index (κ1) is 25.8. The highest BCUT2D eigenvalue weighted by Crippen LogP contribution is 2.65. The Morgan fingerprint density at radius 3 is 2.36 bits per heavy atom. The van der Waals surface area contributed by atoms with Crippen LogP contribution in [0.15, 0.2) is 139 Å². The highest BCUT2D eigenvalue weighted by Gasteiger charge is 2.56. The molecule has 1 nitrogen and oxygen atoms in total. The molecule has 0 saturated heterocycles. The van der Waals surface area contributed by atoms with Gasteiger partial charge in [0.2, 0.25) is 0 Å². The van der Waals surface area contributed by atoms with Crippen LogP contribution in [0.1, 0.15) is 42.5 Å². The Morgan fingerprint density at radius 1 is 0.750 bits per heavy atom. The third-order valence-corrected chi connectivity index (χ3v) is 12.1. The molecule has 0 aliphatic heterocycles. The van der Waals surface area contributed by atoms with Crippen molar-refractivity contribution in [1.82, 2.24) is 0 Å². The van der Waals surface area contributed by atoms with E-state index in [9.17, 15) is 5.26 Å². The van der Waals surface area contributed by atoms with Crippen molar-refractivity contribution in [3.8, 4) is 17.2 Å². The van der Waals surface area contributed by atoms with Crippen molar-refractivity contribution in [2.75, 3.05) is 0 Å². The summed E-state index contributed by atoms with van der Waals surface area (Å²) in [6.45, 7) is 4.73. The molecule has 1 heterocycles. The monoisotopic (exact) mass is 581 g/mol. The average Bonchev–Trinajstić information content (AvgIpc) is 3.55. The van der Waals surface area contributed by atoms with Gasteiger partial charge >= 0.3 is 0 Å². The molecule has 44 heavy (non-hydrogen) atoms. The van der Waals surface area contributed by atoms with Gasteiger partial charge in [-0.1, -0.05) is 135 Å². The molecule has 0 amide bonds. The normalized spacial score (nSPS) is 27.7. The van der Waals surface area contributed by atoms with Crippen molar-refractivity contribution < 1.29 is 0 Å². The Kier molecular flexibility index (Phi) is 5.22. The lowest BCUT2D eigenvalue weighted by Gasteiger charge is -2.48. The maximum Gasteiger partial charge on any atom is 0.0988 e. The molecular formula is C42H31NS. The Morgan fingerprint density at radius 2 is 1.52 bits per heavy atom. The van der Waals surface area contributed by atoms with Crippen LogP contribution < -0.4 is 0 Å². The lowest BCUT2D eigenvalue weighted by atomic mass is 9.54. The molecule has 0 radical (unpaired) electrons. The van der Waals surface area contributed by atoms with Crippen LogP contribution in [0.5, 0.6) is 0 Å². The van der Waals surface area contributed by atoms with Gasteiger partial charge in [-0.05, 0) is 52.0 Å². The topological polar surface area (TPSA) is 23.8 Å². The fraction of sp³-hybridized carbons (Fsp3) is 0.167. The number of rotatable bonds is 1. The van der Waals surface area contributed by atoms with E-state index in [2.05, 4.69) is 147 Å². The summed E-state index contributed by atoms with van der Waals surface area (Å²) >= 11 is 1.93. The number of hydrogen-bond acceptors (Lipinski definition) is 2. The first-order chi connectivity index (χ1) is 21.5. The predicted molar refractivity (Wildman–Crippen MR) is 185 cm³/mol. The van der Waals surface area contributed by atoms with Crippen LogP contribution in [0.3, 0.4) is 0 Å². The first-order valence-electron chi connectivity index (χ1n) is 15.5. The van der Waals surface area contributed by atoms with Crippen molar-refractivity contribution in [1.29, 1.82) is 5.26 Å². The summed E-state index contributed by atoms with van der Waals surface area (Å²) in [5.41, 5.74) is 9.52. The van der Waals surface area contributed by atoms with Crippen molar-refractivity contribution in [3.63, 3.8) is 0 Å². The van der Waals surface area contributed by atoms with Crippen molar-refractivity contribution >= 4 is 37.6 Å². The molecule has 210 valence electrons. The molecule has 4 atom stereocenters. The van der Waals surface area contributed by atoms with Gasteiger partial charge in [0, 0.05) is 48.1 Å². The number of fused-ring (bicyclic) bond motifs is 13. The lowest BCUT2D eigenvalue weighted by Crippen LogP contribution is -2.44. The molecule has 0 bridgehead atoms. The number of benzene rings is 4. The highest BCUT2D eigenvalue weighted by atomic mass is 32.1. The van der Waals surface area contributed by atoms with E-state index in [0.29, 0.717) is 0 Å². The van der Waals surface area contributed by atoms with E-state index in [0.717, 1.165) is 12.0 Å². The average molecular weight is 582 g/mol. The Hall–Kier alpha value is -4.71. The summed E-state index contributed by atoms with van der Waals surface area (Å²) in [4.78, 5) is 0. The quantitative estimate of drug-likeness (QED) is 0.193. The smallest absolute Gasteiger partial charge is 0.0988 e. The van der Waals surface area contributed by atoms with Gasteiger partial charge in [-0.15, -0.1) is 11.3 Å². The maximum absolute atomic E-state index is 9.53. The van der Waals surface area contributed by atoms with E-state index in [-0.39, 0.29) is 22.2 Å². The fourth-order valence-electron chi connectivity index (χ4n) is 8.59. The van der Waals surface area contributed by atoms with E-state index >= 15 is 0 Å². The van der Waals surface area contributed by atoms with Crippen LogP contribution in [-0.2, 0) is 5.41 Å². The van der Waals surface area contributed by atoms with Gasteiger partial charge in [0.15, 0.2) is 0 Å². The summed E-state index contributed by atoms with van der Waals surface area (Å²) in [5.74, 6) is 0.135. The SMILES string of the molecule is CC1(C2=CC3C(C)(C=C2)C=Cc2ccccc2C32c3ccccc3-c3c2ccc2c3sc3ccccc32)C=CC(C#N)=CC1. The molecule has 9 rings (SSSR count). The van der Waals surface area contributed by atoms with Crippen LogP contribution in [-0.4, -0.2) is 0 Å². The van der Waals surface area contributed by atoms with E-state index in [1.54, 1.807) is 0 Å². The van der Waals surface area contributed by atoms with E-state index in [4.69, 9.17) is 0 Å². The van der Waals surface area contributed by atoms with Crippen LogP contribution in [0, 0.1) is 28.1 Å². The summed E-state index contributed by atoms with van der Waals surface area (Å²) in [7, 11) is 0. The third kappa shape index (κ3) is 3.23. The van der Waals surface area contributed by atoms with Crippen molar-refractivity contribution in [2.45, 2.75) is 25.7 Å². The summed E-state index contributed by atoms with van der Waals surface area (Å²) in [6.07, 6.45) is 19.4. The van der Waals surface area contributed by atoms with Crippen LogP contribution in [0.25, 0.3) is 37.4 Å². The third-order valence-electron chi connectivity index (χ3n) is 10.9. The molecule has 0 N–H and O–H groups in total. The van der Waals surface area contributed by atoms with Gasteiger partial charge in [-0.3, -0.25) is 0 Å². The van der Waals surface area contributed by atoms with Gasteiger partial charge in [-0.25, -0.2) is 0 Å². The molecule has 4 aliphatic rings. The highest BCUT2D eigenvalue weighted by molar-refractivity contribution is 7.26. The van der Waals surface area contributed by atoms with E-state index < -0.39 is 0 Å². The Bertz CT molecular complexity index is 2260. The van der Waals surface area contributed by atoms with Gasteiger partial charge in [0.1, 0.15) is 0 Å². The summed E-state index contributed by atoms with van der Waals surface area (Å²) in [6, 6.07) is 34.3. The van der Waals surface area contributed by atoms with Gasteiger partial charge in [0.25, 0.3) is 0 Å². The van der Waals surface area contributed by atoms with Crippen LogP contribution >= 0.6 is 11.3 Å². The van der Waals surface area contributed by atoms with E-state index in [1.807, 2.05) is 17.4 Å². The van der Waals surface area contributed by atoms with Crippen molar-refractivity contribution in [3.05, 3.63) is 161 Å². The zero-order valence-electron chi connectivity index (χ0n) is 24.8. The zero-order valence-corrected chi connectivity index (χ0v) is 25.7. The van der Waals surface area contributed by atoms with Crippen molar-refractivity contribution in [2.24, 2.45) is 16.7 Å². The molecule has 1 aromatic heterocycles. The second-order valence-corrected chi connectivity index (χ2v) is 14.3. The Labute approximate surface area is 262 Å². The fourth-order valence-corrected chi connectivity index (χ4v) is 9.85. The van der Waals surface area contributed by atoms with Crippen LogP contribution in [0.4, 0.5) is 0 Å². The number of allylic oxidation sites excluding steroid dienone is 9. The largest absolute Gasteiger partial charge is 0.192 e. The van der Waals surface area contributed by atoms with Gasteiger partial charge in [0.05, 0.1) is 11.5 Å². The number of hydrogen-bond donors (Lipinski definition) is 0. The summed E-state index contributed by atoms with van der Waals surface area (Å²) in [5, 5.41) is 12.2. The van der Waals surface area contributed by atoms with Gasteiger partial charge in [-0.2, -0.15) is 5.26 Å². The second-order valence-electron chi connectivity index (χ2n) is 13.3. The number of nitrogens with zero attached hydrogens (tertiary/aromatic N) is 1. The lowest BCUT2D eigenvalue weighted by molar-refractivity contribution is 0.293. The number of nitriles is 1. The molecular weight excluding hydrogens is 551 g/mol. The molecule has 0 saturated carbocycles. The van der Waals surface area contributed by atoms with Gasteiger partial charge < -0.3 is 0 Å². The zero-order chi connectivity index (χ0) is 29.7. The minimum atomic E-state index is -0.385. The molecule has 4 unspecified atom stereocenters. The standard InChI is InChI=1S/C42H31NS/c1-40(21-17-27(26-43)18-22-40)29-20-24-41(2)23-19-28-9-3-6-12-33(28)42(37(41)25-29)34-13-7-4-11-32(34)38-35(42)16-15-31-30-10-5-8-14-36(30)44-39(31)38/h3-21,23-25,37H,22H2,1-2H3. The minimum Gasteiger partial charge on any atom is -0.192 e. The Balaban J connectivity index is 1.40. The molecule has 5 aromatic rings. The van der Waals surface area contributed by atoms with E-state index in [1.165, 1.54) is 59.1 Å².